The highest BCUT2D eigenvalue weighted by Crippen LogP contribution is 2.37. The largest absolute Gasteiger partial charge is 0.329 e. The van der Waals surface area contributed by atoms with E-state index in [4.69, 9.17) is 5.73 Å². The molecule has 1 aromatic rings. The summed E-state index contributed by atoms with van der Waals surface area (Å²) in [6.45, 7) is 12.0. The lowest BCUT2D eigenvalue weighted by molar-refractivity contribution is 0.136. The predicted octanol–water partition coefficient (Wildman–Crippen LogP) is 3.87. The van der Waals surface area contributed by atoms with E-state index < -0.39 is 0 Å². The molecule has 112 valence electrons. The molecular formula is C18H30N2. The second-order valence-corrected chi connectivity index (χ2v) is 6.50. The highest BCUT2D eigenvalue weighted by Gasteiger charge is 2.35. The second-order valence-electron chi connectivity index (χ2n) is 6.50. The van der Waals surface area contributed by atoms with Gasteiger partial charge in [-0.2, -0.15) is 0 Å². The van der Waals surface area contributed by atoms with Gasteiger partial charge in [0.1, 0.15) is 0 Å². The van der Waals surface area contributed by atoms with Crippen LogP contribution in [0.5, 0.6) is 0 Å². The van der Waals surface area contributed by atoms with E-state index in [1.165, 1.54) is 41.5 Å². The molecule has 1 aromatic carbocycles. The van der Waals surface area contributed by atoms with E-state index >= 15 is 0 Å². The van der Waals surface area contributed by atoms with E-state index in [9.17, 15) is 0 Å². The quantitative estimate of drug-likeness (QED) is 0.903. The first-order valence-electron chi connectivity index (χ1n) is 8.04. The van der Waals surface area contributed by atoms with Crippen molar-refractivity contribution in [1.29, 1.82) is 0 Å². The third kappa shape index (κ3) is 2.77. The van der Waals surface area contributed by atoms with Crippen molar-refractivity contribution in [2.24, 2.45) is 5.73 Å². The number of hydrogen-bond acceptors (Lipinski definition) is 2. The van der Waals surface area contributed by atoms with Crippen molar-refractivity contribution >= 4 is 0 Å². The summed E-state index contributed by atoms with van der Waals surface area (Å²) < 4.78 is 0. The monoisotopic (exact) mass is 274 g/mol. The van der Waals surface area contributed by atoms with E-state index in [0.29, 0.717) is 24.7 Å². The maximum absolute atomic E-state index is 6.20. The average molecular weight is 274 g/mol. The molecule has 0 bridgehead atoms. The number of rotatable bonds is 4. The Balaban J connectivity index is 2.42. The zero-order chi connectivity index (χ0) is 14.9. The Morgan fingerprint density at radius 2 is 1.80 bits per heavy atom. The topological polar surface area (TPSA) is 29.3 Å². The lowest BCUT2D eigenvalue weighted by atomic mass is 9.92. The van der Waals surface area contributed by atoms with E-state index in [1.54, 1.807) is 0 Å². The van der Waals surface area contributed by atoms with Gasteiger partial charge in [-0.15, -0.1) is 0 Å². The van der Waals surface area contributed by atoms with E-state index in [1.807, 2.05) is 0 Å². The summed E-state index contributed by atoms with van der Waals surface area (Å²) in [6.07, 6.45) is 3.85. The van der Waals surface area contributed by atoms with Gasteiger partial charge in [0, 0.05) is 24.7 Å². The minimum atomic E-state index is 0.373. The molecule has 0 aliphatic carbocycles. The standard InChI is InChI=1S/C18H30N2/c1-6-16-8-7-15(5)20(16)17(11-19)18-13(3)9-12(2)10-14(18)4/h9-10,15-17H,6-8,11,19H2,1-5H3. The van der Waals surface area contributed by atoms with Crippen LogP contribution >= 0.6 is 0 Å². The number of aryl methyl sites for hydroxylation is 3. The van der Waals surface area contributed by atoms with Gasteiger partial charge in [-0.3, -0.25) is 4.90 Å². The molecule has 1 aliphatic rings. The smallest absolute Gasteiger partial charge is 0.0481 e. The molecule has 3 unspecified atom stereocenters. The maximum Gasteiger partial charge on any atom is 0.0481 e. The lowest BCUT2D eigenvalue weighted by Crippen LogP contribution is -2.41. The summed E-state index contributed by atoms with van der Waals surface area (Å²) in [5, 5.41) is 0. The van der Waals surface area contributed by atoms with Crippen molar-refractivity contribution < 1.29 is 0 Å². The molecule has 3 atom stereocenters. The van der Waals surface area contributed by atoms with Crippen molar-refractivity contribution in [3.8, 4) is 0 Å². The van der Waals surface area contributed by atoms with Crippen LogP contribution in [0.4, 0.5) is 0 Å². The van der Waals surface area contributed by atoms with Gasteiger partial charge >= 0.3 is 0 Å². The van der Waals surface area contributed by atoms with Crippen LogP contribution in [0, 0.1) is 20.8 Å². The Labute approximate surface area is 124 Å². The van der Waals surface area contributed by atoms with Gasteiger partial charge in [0.2, 0.25) is 0 Å². The molecule has 2 heteroatoms. The predicted molar refractivity (Wildman–Crippen MR) is 87.1 cm³/mol. The fraction of sp³-hybridized carbons (Fsp3) is 0.667. The molecule has 1 fully saturated rings. The van der Waals surface area contributed by atoms with Gasteiger partial charge in [0.05, 0.1) is 0 Å². The zero-order valence-corrected chi connectivity index (χ0v) is 13.7. The fourth-order valence-corrected chi connectivity index (χ4v) is 4.17. The van der Waals surface area contributed by atoms with E-state index in [2.05, 4.69) is 51.7 Å². The van der Waals surface area contributed by atoms with Crippen LogP contribution in [-0.4, -0.2) is 23.5 Å². The normalized spacial score (nSPS) is 25.1. The summed E-state index contributed by atoms with van der Waals surface area (Å²) in [6, 6.07) is 6.31. The first-order valence-corrected chi connectivity index (χ1v) is 8.04. The Morgan fingerprint density at radius 3 is 2.30 bits per heavy atom. The van der Waals surface area contributed by atoms with Crippen LogP contribution in [0.2, 0.25) is 0 Å². The van der Waals surface area contributed by atoms with Gasteiger partial charge in [0.25, 0.3) is 0 Å². The molecule has 1 aliphatic heterocycles. The maximum atomic E-state index is 6.20. The second kappa shape index (κ2) is 6.28. The summed E-state index contributed by atoms with van der Waals surface area (Å²) in [5.41, 5.74) is 11.8. The minimum Gasteiger partial charge on any atom is -0.329 e. The van der Waals surface area contributed by atoms with Gasteiger partial charge in [-0.25, -0.2) is 0 Å². The highest BCUT2D eigenvalue weighted by molar-refractivity contribution is 5.40. The third-order valence-corrected chi connectivity index (χ3v) is 4.97. The summed E-state index contributed by atoms with van der Waals surface area (Å²) in [5.74, 6) is 0. The highest BCUT2D eigenvalue weighted by atomic mass is 15.2. The number of benzene rings is 1. The van der Waals surface area contributed by atoms with E-state index in [-0.39, 0.29) is 0 Å². The van der Waals surface area contributed by atoms with Gasteiger partial charge in [-0.1, -0.05) is 24.6 Å². The Kier molecular flexibility index (Phi) is 4.87. The first-order chi connectivity index (χ1) is 9.49. The van der Waals surface area contributed by atoms with Crippen molar-refractivity contribution in [1.82, 2.24) is 4.90 Å². The number of nitrogens with zero attached hydrogens (tertiary/aromatic N) is 1. The molecule has 2 rings (SSSR count). The SMILES string of the molecule is CCC1CCC(C)N1C(CN)c1c(C)cc(C)cc1C. The minimum absolute atomic E-state index is 0.373. The van der Waals surface area contributed by atoms with Crippen LogP contribution in [0.3, 0.4) is 0 Å². The summed E-state index contributed by atoms with van der Waals surface area (Å²) >= 11 is 0. The number of likely N-dealkylation sites (tertiary alicyclic amines) is 1. The van der Waals surface area contributed by atoms with Crippen LogP contribution in [0.1, 0.15) is 61.4 Å². The molecule has 2 N–H and O–H groups in total. The molecule has 0 spiro atoms. The molecule has 2 nitrogen and oxygen atoms in total. The lowest BCUT2D eigenvalue weighted by Gasteiger charge is -2.37. The molecule has 0 aromatic heterocycles. The van der Waals surface area contributed by atoms with Gasteiger partial charge in [0.15, 0.2) is 0 Å². The Bertz CT molecular complexity index is 443. The Hall–Kier alpha value is -0.860. The molecule has 0 radical (unpaired) electrons. The van der Waals surface area contributed by atoms with Crippen molar-refractivity contribution in [2.45, 2.75) is 72.0 Å². The van der Waals surface area contributed by atoms with Crippen LogP contribution < -0.4 is 5.73 Å². The zero-order valence-electron chi connectivity index (χ0n) is 13.7. The van der Waals surface area contributed by atoms with Gasteiger partial charge < -0.3 is 5.73 Å². The Morgan fingerprint density at radius 1 is 1.20 bits per heavy atom. The first kappa shape index (κ1) is 15.5. The van der Waals surface area contributed by atoms with Crippen LogP contribution in [0.15, 0.2) is 12.1 Å². The fourth-order valence-electron chi connectivity index (χ4n) is 4.17. The molecule has 1 heterocycles. The van der Waals surface area contributed by atoms with Gasteiger partial charge in [-0.05, 0) is 63.6 Å². The van der Waals surface area contributed by atoms with Crippen LogP contribution in [-0.2, 0) is 0 Å². The summed E-state index contributed by atoms with van der Waals surface area (Å²) in [4.78, 5) is 2.69. The molecule has 0 amide bonds. The molecular weight excluding hydrogens is 244 g/mol. The average Bonchev–Trinajstić information content (AvgIpc) is 2.74. The molecule has 20 heavy (non-hydrogen) atoms. The van der Waals surface area contributed by atoms with E-state index in [0.717, 1.165) is 0 Å². The number of hydrogen-bond donors (Lipinski definition) is 1. The summed E-state index contributed by atoms with van der Waals surface area (Å²) in [7, 11) is 0. The molecule has 0 saturated carbocycles. The number of nitrogens with two attached hydrogens (primary N) is 1. The van der Waals surface area contributed by atoms with Crippen molar-refractivity contribution in [3.63, 3.8) is 0 Å². The van der Waals surface area contributed by atoms with Crippen molar-refractivity contribution in [2.75, 3.05) is 6.54 Å². The van der Waals surface area contributed by atoms with Crippen LogP contribution in [0.25, 0.3) is 0 Å². The molecule has 1 saturated heterocycles. The van der Waals surface area contributed by atoms with Crippen molar-refractivity contribution in [3.05, 3.63) is 34.4 Å². The third-order valence-electron chi connectivity index (χ3n) is 4.97.